The van der Waals surface area contributed by atoms with Crippen LogP contribution in [0.3, 0.4) is 0 Å². The predicted molar refractivity (Wildman–Crippen MR) is 63.4 cm³/mol. The summed E-state index contributed by atoms with van der Waals surface area (Å²) in [6.07, 6.45) is 7.10. The van der Waals surface area contributed by atoms with E-state index in [9.17, 15) is 0 Å². The van der Waals surface area contributed by atoms with Crippen LogP contribution in [0.4, 0.5) is 0 Å². The monoisotopic (exact) mass is 232 g/mol. The zero-order valence-electron chi connectivity index (χ0n) is 9.89. The molecule has 17 heavy (non-hydrogen) atoms. The highest BCUT2D eigenvalue weighted by atomic mass is 16.4. The van der Waals surface area contributed by atoms with Gasteiger partial charge in [-0.15, -0.1) is 0 Å². The molecule has 1 N–H and O–H groups in total. The Morgan fingerprint density at radius 1 is 1.53 bits per heavy atom. The molecule has 1 aliphatic carbocycles. The summed E-state index contributed by atoms with van der Waals surface area (Å²) in [7, 11) is 1.89. The fourth-order valence-corrected chi connectivity index (χ4v) is 1.76. The van der Waals surface area contributed by atoms with Crippen molar-refractivity contribution in [3.8, 4) is 11.5 Å². The highest BCUT2D eigenvalue weighted by molar-refractivity contribution is 5.49. The number of oxazole rings is 1. The standard InChI is InChI=1S/C12H16N4O/c1-16-7-5-10(15-16)11-8-14-12(17-11)4-6-13-9-2-3-9/h5,7-9,13H,2-4,6H2,1H3. The molecule has 0 bridgehead atoms. The van der Waals surface area contributed by atoms with Crippen molar-refractivity contribution in [2.75, 3.05) is 6.54 Å². The van der Waals surface area contributed by atoms with Gasteiger partial charge in [0, 0.05) is 32.3 Å². The smallest absolute Gasteiger partial charge is 0.196 e. The van der Waals surface area contributed by atoms with Crippen molar-refractivity contribution < 1.29 is 4.42 Å². The van der Waals surface area contributed by atoms with Crippen molar-refractivity contribution in [3.63, 3.8) is 0 Å². The summed E-state index contributed by atoms with van der Waals surface area (Å²) >= 11 is 0. The van der Waals surface area contributed by atoms with E-state index in [1.807, 2.05) is 19.3 Å². The summed E-state index contributed by atoms with van der Waals surface area (Å²) in [5.74, 6) is 1.52. The molecule has 90 valence electrons. The number of nitrogens with zero attached hydrogens (tertiary/aromatic N) is 3. The molecule has 0 saturated heterocycles. The Labute approximate surface area is 99.8 Å². The molecule has 0 atom stereocenters. The molecule has 0 aliphatic heterocycles. The molecule has 2 aromatic rings. The molecule has 3 rings (SSSR count). The van der Waals surface area contributed by atoms with Gasteiger partial charge in [-0.05, 0) is 18.9 Å². The minimum atomic E-state index is 0.736. The van der Waals surface area contributed by atoms with Crippen LogP contribution in [-0.4, -0.2) is 27.4 Å². The zero-order valence-corrected chi connectivity index (χ0v) is 9.89. The third-order valence-electron chi connectivity index (χ3n) is 2.87. The Kier molecular flexibility index (Phi) is 2.68. The SMILES string of the molecule is Cn1ccc(-c2cnc(CCNC3CC3)o2)n1. The predicted octanol–water partition coefficient (Wildman–Crippen LogP) is 1.37. The number of rotatable bonds is 5. The molecule has 0 unspecified atom stereocenters. The molecule has 2 heterocycles. The molecular weight excluding hydrogens is 216 g/mol. The molecule has 1 saturated carbocycles. The molecule has 0 amide bonds. The molecule has 5 nitrogen and oxygen atoms in total. The zero-order chi connectivity index (χ0) is 11.7. The van der Waals surface area contributed by atoms with E-state index in [2.05, 4.69) is 15.4 Å². The molecule has 0 radical (unpaired) electrons. The van der Waals surface area contributed by atoms with Crippen LogP contribution in [0, 0.1) is 0 Å². The second-order valence-electron chi connectivity index (χ2n) is 4.47. The van der Waals surface area contributed by atoms with Gasteiger partial charge < -0.3 is 9.73 Å². The summed E-state index contributed by atoms with van der Waals surface area (Å²) in [5, 5.41) is 7.72. The van der Waals surface area contributed by atoms with E-state index in [0.29, 0.717) is 0 Å². The summed E-state index contributed by atoms with van der Waals surface area (Å²) in [6, 6.07) is 2.66. The minimum absolute atomic E-state index is 0.736. The largest absolute Gasteiger partial charge is 0.439 e. The number of aryl methyl sites for hydroxylation is 1. The van der Waals surface area contributed by atoms with Gasteiger partial charge in [0.1, 0.15) is 5.69 Å². The van der Waals surface area contributed by atoms with Crippen LogP contribution < -0.4 is 5.32 Å². The van der Waals surface area contributed by atoms with Gasteiger partial charge >= 0.3 is 0 Å². The number of nitrogens with one attached hydrogen (secondary N) is 1. The molecule has 5 heteroatoms. The Morgan fingerprint density at radius 3 is 3.12 bits per heavy atom. The maximum Gasteiger partial charge on any atom is 0.196 e. The first kappa shape index (κ1) is 10.5. The Hall–Kier alpha value is -1.62. The third kappa shape index (κ3) is 2.55. The van der Waals surface area contributed by atoms with Crippen LogP contribution in [-0.2, 0) is 13.5 Å². The maximum atomic E-state index is 5.66. The molecule has 1 fully saturated rings. The highest BCUT2D eigenvalue weighted by Gasteiger charge is 2.20. The van der Waals surface area contributed by atoms with Crippen molar-refractivity contribution in [3.05, 3.63) is 24.4 Å². The lowest BCUT2D eigenvalue weighted by molar-refractivity contribution is 0.492. The van der Waals surface area contributed by atoms with Crippen LogP contribution in [0.1, 0.15) is 18.7 Å². The van der Waals surface area contributed by atoms with Gasteiger partial charge in [-0.25, -0.2) is 4.98 Å². The van der Waals surface area contributed by atoms with E-state index < -0.39 is 0 Å². The van der Waals surface area contributed by atoms with Crippen molar-refractivity contribution in [2.45, 2.75) is 25.3 Å². The average molecular weight is 232 g/mol. The lowest BCUT2D eigenvalue weighted by atomic mass is 10.4. The summed E-state index contributed by atoms with van der Waals surface area (Å²) < 4.78 is 7.41. The first-order valence-electron chi connectivity index (χ1n) is 5.99. The van der Waals surface area contributed by atoms with Crippen molar-refractivity contribution in [1.29, 1.82) is 0 Å². The molecule has 0 aromatic carbocycles. The van der Waals surface area contributed by atoms with E-state index in [1.54, 1.807) is 10.9 Å². The van der Waals surface area contributed by atoms with Crippen molar-refractivity contribution >= 4 is 0 Å². The fraction of sp³-hybridized carbons (Fsp3) is 0.500. The third-order valence-corrected chi connectivity index (χ3v) is 2.87. The summed E-state index contributed by atoms with van der Waals surface area (Å²) in [5.41, 5.74) is 0.835. The van der Waals surface area contributed by atoms with Gasteiger partial charge in [0.05, 0.1) is 6.20 Å². The number of hydrogen-bond acceptors (Lipinski definition) is 4. The Balaban J connectivity index is 1.61. The lowest BCUT2D eigenvalue weighted by Gasteiger charge is -1.98. The van der Waals surface area contributed by atoms with Crippen molar-refractivity contribution in [2.24, 2.45) is 7.05 Å². The van der Waals surface area contributed by atoms with Crippen LogP contribution in [0.2, 0.25) is 0 Å². The second kappa shape index (κ2) is 4.33. The quantitative estimate of drug-likeness (QED) is 0.846. The molecular formula is C12H16N4O. The summed E-state index contributed by atoms with van der Waals surface area (Å²) in [6.45, 7) is 0.937. The van der Waals surface area contributed by atoms with Gasteiger partial charge in [0.2, 0.25) is 0 Å². The average Bonchev–Trinajstić information content (AvgIpc) is 2.85. The lowest BCUT2D eigenvalue weighted by Crippen LogP contribution is -2.19. The van der Waals surface area contributed by atoms with E-state index in [-0.39, 0.29) is 0 Å². The van der Waals surface area contributed by atoms with Gasteiger partial charge in [-0.1, -0.05) is 0 Å². The van der Waals surface area contributed by atoms with E-state index in [0.717, 1.165) is 36.4 Å². The van der Waals surface area contributed by atoms with Gasteiger partial charge in [0.15, 0.2) is 11.7 Å². The van der Waals surface area contributed by atoms with E-state index in [1.165, 1.54) is 12.8 Å². The van der Waals surface area contributed by atoms with E-state index in [4.69, 9.17) is 4.42 Å². The molecule has 0 spiro atoms. The van der Waals surface area contributed by atoms with E-state index >= 15 is 0 Å². The van der Waals surface area contributed by atoms with Crippen LogP contribution in [0.5, 0.6) is 0 Å². The van der Waals surface area contributed by atoms with Gasteiger partial charge in [0.25, 0.3) is 0 Å². The second-order valence-corrected chi connectivity index (χ2v) is 4.47. The minimum Gasteiger partial charge on any atom is -0.439 e. The van der Waals surface area contributed by atoms with Gasteiger partial charge in [-0.3, -0.25) is 4.68 Å². The van der Waals surface area contributed by atoms with Crippen LogP contribution >= 0.6 is 0 Å². The fourth-order valence-electron chi connectivity index (χ4n) is 1.76. The molecule has 2 aromatic heterocycles. The summed E-state index contributed by atoms with van der Waals surface area (Å²) in [4.78, 5) is 4.26. The first-order valence-corrected chi connectivity index (χ1v) is 5.99. The maximum absolute atomic E-state index is 5.66. The van der Waals surface area contributed by atoms with Crippen LogP contribution in [0.15, 0.2) is 22.9 Å². The van der Waals surface area contributed by atoms with Crippen LogP contribution in [0.25, 0.3) is 11.5 Å². The van der Waals surface area contributed by atoms with Gasteiger partial charge in [-0.2, -0.15) is 5.10 Å². The molecule has 1 aliphatic rings. The van der Waals surface area contributed by atoms with Crippen molar-refractivity contribution in [1.82, 2.24) is 20.1 Å². The topological polar surface area (TPSA) is 55.9 Å². The highest BCUT2D eigenvalue weighted by Crippen LogP contribution is 2.19. The number of aromatic nitrogens is 3. The first-order chi connectivity index (χ1) is 8.31. The normalized spacial score (nSPS) is 15.4. The Morgan fingerprint density at radius 2 is 2.41 bits per heavy atom. The number of hydrogen-bond donors (Lipinski definition) is 1. The Bertz CT molecular complexity index is 498.